The Kier molecular flexibility index (Phi) is 5.88. The van der Waals surface area contributed by atoms with Gasteiger partial charge in [-0.25, -0.2) is 0 Å². The van der Waals surface area contributed by atoms with Gasteiger partial charge in [0, 0.05) is 25.2 Å². The molecule has 1 aliphatic carbocycles. The second-order valence-electron chi connectivity index (χ2n) is 7.27. The maximum absolute atomic E-state index is 6.29. The molecular formula is C17H34N2O. The molecule has 0 amide bonds. The molecule has 0 bridgehead atoms. The predicted molar refractivity (Wildman–Crippen MR) is 84.8 cm³/mol. The largest absolute Gasteiger partial charge is 0.377 e. The van der Waals surface area contributed by atoms with E-state index in [1.54, 1.807) is 0 Å². The van der Waals surface area contributed by atoms with Gasteiger partial charge in [-0.1, -0.05) is 26.7 Å². The van der Waals surface area contributed by atoms with E-state index in [1.165, 1.54) is 44.9 Å². The average Bonchev–Trinajstić information content (AvgIpc) is 2.47. The fourth-order valence-corrected chi connectivity index (χ4v) is 4.53. The quantitative estimate of drug-likeness (QED) is 0.842. The lowest BCUT2D eigenvalue weighted by molar-refractivity contribution is -0.0537. The van der Waals surface area contributed by atoms with Gasteiger partial charge in [0.2, 0.25) is 0 Å². The van der Waals surface area contributed by atoms with Crippen molar-refractivity contribution >= 4 is 0 Å². The maximum atomic E-state index is 6.29. The van der Waals surface area contributed by atoms with E-state index < -0.39 is 0 Å². The Hall–Kier alpha value is -0.120. The van der Waals surface area contributed by atoms with E-state index in [1.807, 2.05) is 0 Å². The van der Waals surface area contributed by atoms with Crippen LogP contribution in [0.4, 0.5) is 0 Å². The van der Waals surface area contributed by atoms with Crippen LogP contribution in [-0.4, -0.2) is 43.3 Å². The Labute approximate surface area is 125 Å². The third kappa shape index (κ3) is 3.37. The molecule has 1 heterocycles. The zero-order valence-corrected chi connectivity index (χ0v) is 13.7. The third-order valence-corrected chi connectivity index (χ3v) is 5.73. The standard InChI is InChI=1S/C17H34N2O/c1-14(2)16-9-4-6-10-17(16,13-18)19(3)12-15-8-5-7-11-20-15/h14-16H,4-13,18H2,1-3H3. The summed E-state index contributed by atoms with van der Waals surface area (Å²) in [5, 5.41) is 0. The zero-order valence-electron chi connectivity index (χ0n) is 13.7. The first kappa shape index (κ1) is 16.3. The highest BCUT2D eigenvalue weighted by molar-refractivity contribution is 5.00. The molecule has 0 radical (unpaired) electrons. The van der Waals surface area contributed by atoms with Gasteiger partial charge in [-0.15, -0.1) is 0 Å². The van der Waals surface area contributed by atoms with E-state index >= 15 is 0 Å². The highest BCUT2D eigenvalue weighted by Gasteiger charge is 2.44. The highest BCUT2D eigenvalue weighted by Crippen LogP contribution is 2.41. The second-order valence-corrected chi connectivity index (χ2v) is 7.27. The number of nitrogens with two attached hydrogens (primary N) is 1. The van der Waals surface area contributed by atoms with Gasteiger partial charge in [0.25, 0.3) is 0 Å². The summed E-state index contributed by atoms with van der Waals surface area (Å²) in [5.41, 5.74) is 6.49. The number of hydrogen-bond donors (Lipinski definition) is 1. The normalized spacial score (nSPS) is 35.7. The summed E-state index contributed by atoms with van der Waals surface area (Å²) in [6.07, 6.45) is 9.50. The van der Waals surface area contributed by atoms with E-state index in [-0.39, 0.29) is 5.54 Å². The lowest BCUT2D eigenvalue weighted by atomic mass is 9.67. The maximum Gasteiger partial charge on any atom is 0.0702 e. The fourth-order valence-electron chi connectivity index (χ4n) is 4.53. The van der Waals surface area contributed by atoms with Gasteiger partial charge in [-0.05, 0) is 51.0 Å². The Morgan fingerprint density at radius 2 is 1.95 bits per heavy atom. The van der Waals surface area contributed by atoms with Crippen molar-refractivity contribution in [2.45, 2.75) is 70.4 Å². The summed E-state index contributed by atoms with van der Waals surface area (Å²) in [4.78, 5) is 2.56. The van der Waals surface area contributed by atoms with Gasteiger partial charge in [-0.3, -0.25) is 4.90 Å². The molecule has 0 spiro atoms. The zero-order chi connectivity index (χ0) is 14.6. The SMILES string of the molecule is CC(C)C1CCCCC1(CN)N(C)CC1CCCCO1. The molecule has 118 valence electrons. The van der Waals surface area contributed by atoms with Crippen molar-refractivity contribution in [3.05, 3.63) is 0 Å². The van der Waals surface area contributed by atoms with Crippen LogP contribution in [0, 0.1) is 11.8 Å². The second kappa shape index (κ2) is 7.24. The summed E-state index contributed by atoms with van der Waals surface area (Å²) < 4.78 is 5.94. The monoisotopic (exact) mass is 282 g/mol. The van der Waals surface area contributed by atoms with Crippen LogP contribution in [-0.2, 0) is 4.74 Å². The number of rotatable bonds is 5. The lowest BCUT2D eigenvalue weighted by Gasteiger charge is -2.52. The third-order valence-electron chi connectivity index (χ3n) is 5.73. The number of hydrogen-bond acceptors (Lipinski definition) is 3. The van der Waals surface area contributed by atoms with Gasteiger partial charge in [0.1, 0.15) is 0 Å². The number of likely N-dealkylation sites (N-methyl/N-ethyl adjacent to an activating group) is 1. The Morgan fingerprint density at radius 1 is 1.20 bits per heavy atom. The molecule has 0 aromatic heterocycles. The lowest BCUT2D eigenvalue weighted by Crippen LogP contribution is -2.61. The van der Waals surface area contributed by atoms with Crippen LogP contribution in [0.3, 0.4) is 0 Å². The van der Waals surface area contributed by atoms with Gasteiger partial charge >= 0.3 is 0 Å². The van der Waals surface area contributed by atoms with E-state index in [2.05, 4.69) is 25.8 Å². The van der Waals surface area contributed by atoms with Crippen LogP contribution in [0.25, 0.3) is 0 Å². The smallest absolute Gasteiger partial charge is 0.0702 e. The Morgan fingerprint density at radius 3 is 2.55 bits per heavy atom. The predicted octanol–water partition coefficient (Wildman–Crippen LogP) is 3.03. The molecular weight excluding hydrogens is 248 g/mol. The molecule has 3 heteroatoms. The molecule has 0 aromatic rings. The fraction of sp³-hybridized carbons (Fsp3) is 1.00. The van der Waals surface area contributed by atoms with Crippen LogP contribution >= 0.6 is 0 Å². The molecule has 3 nitrogen and oxygen atoms in total. The molecule has 2 fully saturated rings. The first-order valence-electron chi connectivity index (χ1n) is 8.63. The van der Waals surface area contributed by atoms with Crippen molar-refractivity contribution in [3.63, 3.8) is 0 Å². The molecule has 2 N–H and O–H groups in total. The summed E-state index contributed by atoms with van der Waals surface area (Å²) >= 11 is 0. The van der Waals surface area contributed by atoms with Gasteiger partial charge in [-0.2, -0.15) is 0 Å². The van der Waals surface area contributed by atoms with Crippen LogP contribution in [0.5, 0.6) is 0 Å². The molecule has 1 aliphatic heterocycles. The van der Waals surface area contributed by atoms with Gasteiger partial charge in [0.15, 0.2) is 0 Å². The molecule has 3 unspecified atom stereocenters. The summed E-state index contributed by atoms with van der Waals surface area (Å²) in [6, 6.07) is 0. The van der Waals surface area contributed by atoms with Crippen molar-refractivity contribution in [1.82, 2.24) is 4.90 Å². The molecule has 2 aliphatic rings. The van der Waals surface area contributed by atoms with Crippen LogP contribution in [0.1, 0.15) is 58.8 Å². The summed E-state index contributed by atoms with van der Waals surface area (Å²) in [6.45, 7) is 7.53. The molecule has 3 atom stereocenters. The summed E-state index contributed by atoms with van der Waals surface area (Å²) in [7, 11) is 2.28. The van der Waals surface area contributed by atoms with Gasteiger partial charge in [0.05, 0.1) is 6.10 Å². The Balaban J connectivity index is 2.06. The highest BCUT2D eigenvalue weighted by atomic mass is 16.5. The van der Waals surface area contributed by atoms with Crippen molar-refractivity contribution in [1.29, 1.82) is 0 Å². The van der Waals surface area contributed by atoms with Crippen molar-refractivity contribution in [2.75, 3.05) is 26.7 Å². The van der Waals surface area contributed by atoms with Crippen molar-refractivity contribution < 1.29 is 4.74 Å². The van der Waals surface area contributed by atoms with Crippen LogP contribution < -0.4 is 5.73 Å². The van der Waals surface area contributed by atoms with E-state index in [9.17, 15) is 0 Å². The number of ether oxygens (including phenoxy) is 1. The van der Waals surface area contributed by atoms with E-state index in [0.717, 1.165) is 25.6 Å². The minimum absolute atomic E-state index is 0.202. The first-order chi connectivity index (χ1) is 9.60. The first-order valence-corrected chi connectivity index (χ1v) is 8.63. The summed E-state index contributed by atoms with van der Waals surface area (Å²) in [5.74, 6) is 1.45. The average molecular weight is 282 g/mol. The number of nitrogens with zero attached hydrogens (tertiary/aromatic N) is 1. The van der Waals surface area contributed by atoms with E-state index in [0.29, 0.717) is 12.0 Å². The van der Waals surface area contributed by atoms with Gasteiger partial charge < -0.3 is 10.5 Å². The Bertz CT molecular complexity index is 289. The molecule has 2 rings (SSSR count). The van der Waals surface area contributed by atoms with Crippen molar-refractivity contribution in [3.8, 4) is 0 Å². The van der Waals surface area contributed by atoms with E-state index in [4.69, 9.17) is 10.5 Å². The topological polar surface area (TPSA) is 38.5 Å². The van der Waals surface area contributed by atoms with Crippen molar-refractivity contribution in [2.24, 2.45) is 17.6 Å². The minimum Gasteiger partial charge on any atom is -0.377 e. The molecule has 1 saturated carbocycles. The minimum atomic E-state index is 0.202. The van der Waals surface area contributed by atoms with Crippen LogP contribution in [0.2, 0.25) is 0 Å². The molecule has 20 heavy (non-hydrogen) atoms. The van der Waals surface area contributed by atoms with Crippen LogP contribution in [0.15, 0.2) is 0 Å². The molecule has 1 saturated heterocycles. The molecule has 0 aromatic carbocycles.